The SMILES string of the molecule is C[C@@H]1CCc2sc(C(=O)NNC(=O)c3ccc(Cl)c(S(=O)(=O)N4CCc5ccccc54)c3)cc2C1. The number of fused-ring (bicyclic) bond motifs is 2. The average Bonchev–Trinajstić information content (AvgIpc) is 3.47. The van der Waals surface area contributed by atoms with Gasteiger partial charge in [-0.05, 0) is 73.1 Å². The number of nitrogens with one attached hydrogen (secondary N) is 2. The van der Waals surface area contributed by atoms with E-state index in [1.807, 2.05) is 18.2 Å². The van der Waals surface area contributed by atoms with E-state index in [-0.39, 0.29) is 15.5 Å². The summed E-state index contributed by atoms with van der Waals surface area (Å²) in [7, 11) is -3.98. The van der Waals surface area contributed by atoms with E-state index in [2.05, 4.69) is 17.8 Å². The van der Waals surface area contributed by atoms with Gasteiger partial charge in [-0.15, -0.1) is 11.3 Å². The zero-order valence-electron chi connectivity index (χ0n) is 19.0. The highest BCUT2D eigenvalue weighted by Crippen LogP contribution is 2.35. The maximum atomic E-state index is 13.4. The molecule has 2 amide bonds. The molecule has 10 heteroatoms. The number of carbonyl (C=O) groups excluding carboxylic acids is 2. The van der Waals surface area contributed by atoms with Crippen LogP contribution in [-0.4, -0.2) is 26.8 Å². The Hall–Kier alpha value is -2.88. The molecule has 2 aromatic carbocycles. The van der Waals surface area contributed by atoms with E-state index in [0.29, 0.717) is 29.4 Å². The fraction of sp³-hybridized carbons (Fsp3) is 0.280. The highest BCUT2D eigenvalue weighted by molar-refractivity contribution is 7.93. The summed E-state index contributed by atoms with van der Waals surface area (Å²) in [6.45, 7) is 2.50. The topological polar surface area (TPSA) is 95.6 Å². The Kier molecular flexibility index (Phi) is 6.33. The third-order valence-electron chi connectivity index (χ3n) is 6.45. The number of para-hydroxylation sites is 1. The summed E-state index contributed by atoms with van der Waals surface area (Å²) < 4.78 is 28.1. The van der Waals surface area contributed by atoms with Crippen molar-refractivity contribution in [3.8, 4) is 0 Å². The third-order valence-corrected chi connectivity index (χ3v) is 9.98. The molecule has 0 radical (unpaired) electrons. The Bertz CT molecular complexity index is 1430. The second-order valence-electron chi connectivity index (χ2n) is 8.92. The molecule has 1 aliphatic heterocycles. The molecule has 1 atom stereocenters. The number of hydrazine groups is 1. The number of hydrogen-bond acceptors (Lipinski definition) is 5. The summed E-state index contributed by atoms with van der Waals surface area (Å²) in [5, 5.41) is 0.0216. The van der Waals surface area contributed by atoms with E-state index in [0.717, 1.165) is 24.8 Å². The molecule has 5 rings (SSSR count). The molecule has 182 valence electrons. The van der Waals surface area contributed by atoms with Crippen LogP contribution < -0.4 is 15.2 Å². The zero-order valence-corrected chi connectivity index (χ0v) is 21.4. The lowest BCUT2D eigenvalue weighted by atomic mass is 9.90. The number of sulfonamides is 1. The van der Waals surface area contributed by atoms with Crippen LogP contribution in [0.1, 0.15) is 49.4 Å². The highest BCUT2D eigenvalue weighted by atomic mass is 35.5. The van der Waals surface area contributed by atoms with Crippen LogP contribution in [0.5, 0.6) is 0 Å². The lowest BCUT2D eigenvalue weighted by Crippen LogP contribution is -2.41. The molecule has 2 aliphatic rings. The number of anilines is 1. The Labute approximate surface area is 213 Å². The van der Waals surface area contributed by atoms with Gasteiger partial charge in [0.25, 0.3) is 21.8 Å². The predicted octanol–water partition coefficient (Wildman–Crippen LogP) is 4.35. The molecule has 7 nitrogen and oxygen atoms in total. The molecule has 2 N–H and O–H groups in total. The number of rotatable bonds is 4. The van der Waals surface area contributed by atoms with E-state index < -0.39 is 21.8 Å². The van der Waals surface area contributed by atoms with Crippen molar-refractivity contribution >= 4 is 50.5 Å². The van der Waals surface area contributed by atoms with E-state index in [4.69, 9.17) is 11.6 Å². The second-order valence-corrected chi connectivity index (χ2v) is 12.3. The van der Waals surface area contributed by atoms with Crippen LogP contribution in [-0.2, 0) is 29.3 Å². The Balaban J connectivity index is 1.32. The number of thiophene rings is 1. The monoisotopic (exact) mass is 529 g/mol. The van der Waals surface area contributed by atoms with Crippen molar-refractivity contribution < 1.29 is 18.0 Å². The maximum Gasteiger partial charge on any atom is 0.279 e. The average molecular weight is 530 g/mol. The highest BCUT2D eigenvalue weighted by Gasteiger charge is 2.32. The van der Waals surface area contributed by atoms with Gasteiger partial charge in [0.2, 0.25) is 0 Å². The molecule has 0 bridgehead atoms. The normalized spacial score (nSPS) is 17.0. The molecular weight excluding hydrogens is 506 g/mol. The van der Waals surface area contributed by atoms with Crippen LogP contribution in [0.2, 0.25) is 5.02 Å². The van der Waals surface area contributed by atoms with Crippen molar-refractivity contribution in [3.05, 3.63) is 80.0 Å². The first-order chi connectivity index (χ1) is 16.7. The summed E-state index contributed by atoms with van der Waals surface area (Å²) >= 11 is 7.70. The second kappa shape index (κ2) is 9.29. The molecular formula is C25H24ClN3O4S2. The molecule has 0 unspecified atom stereocenters. The maximum absolute atomic E-state index is 13.4. The molecule has 0 fully saturated rings. The van der Waals surface area contributed by atoms with Gasteiger partial charge in [-0.25, -0.2) is 8.42 Å². The molecule has 0 saturated heterocycles. The Morgan fingerprint density at radius 2 is 1.80 bits per heavy atom. The number of carbonyl (C=O) groups is 2. The molecule has 0 spiro atoms. The Morgan fingerprint density at radius 1 is 1.03 bits per heavy atom. The van der Waals surface area contributed by atoms with Crippen LogP contribution >= 0.6 is 22.9 Å². The van der Waals surface area contributed by atoms with Gasteiger partial charge in [0.1, 0.15) is 4.90 Å². The van der Waals surface area contributed by atoms with Crippen molar-refractivity contribution in [3.63, 3.8) is 0 Å². The summed E-state index contributed by atoms with van der Waals surface area (Å²) in [5.74, 6) is -0.443. The van der Waals surface area contributed by atoms with Gasteiger partial charge >= 0.3 is 0 Å². The first-order valence-electron chi connectivity index (χ1n) is 11.4. The Morgan fingerprint density at radius 3 is 2.63 bits per heavy atom. The number of hydrogen-bond donors (Lipinski definition) is 2. The number of halogens is 1. The lowest BCUT2D eigenvalue weighted by Gasteiger charge is -2.20. The molecule has 1 aromatic heterocycles. The van der Waals surface area contributed by atoms with E-state index in [1.54, 1.807) is 12.1 Å². The lowest BCUT2D eigenvalue weighted by molar-refractivity contribution is 0.0848. The number of aryl methyl sites for hydroxylation is 1. The van der Waals surface area contributed by atoms with Gasteiger partial charge in [0.15, 0.2) is 0 Å². The van der Waals surface area contributed by atoms with Crippen molar-refractivity contribution in [2.24, 2.45) is 5.92 Å². The standard InChI is InChI=1S/C25H24ClN3O4S2/c1-15-6-9-21-18(12-15)13-22(34-21)25(31)28-27-24(30)17-7-8-19(26)23(14-17)35(32,33)29-11-10-16-4-2-3-5-20(16)29/h2-5,7-8,13-15H,6,9-12H2,1H3,(H,27,30)(H,28,31)/t15-/m1/s1. The predicted molar refractivity (Wildman–Crippen MR) is 137 cm³/mol. The summed E-state index contributed by atoms with van der Waals surface area (Å²) in [6.07, 6.45) is 3.62. The van der Waals surface area contributed by atoms with Crippen LogP contribution in [0.4, 0.5) is 5.69 Å². The molecule has 0 saturated carbocycles. The van der Waals surface area contributed by atoms with Gasteiger partial charge in [0.05, 0.1) is 15.6 Å². The van der Waals surface area contributed by atoms with E-state index in [9.17, 15) is 18.0 Å². The van der Waals surface area contributed by atoms with Gasteiger partial charge in [0, 0.05) is 17.0 Å². The number of nitrogens with zero attached hydrogens (tertiary/aromatic N) is 1. The minimum Gasteiger partial charge on any atom is -0.267 e. The molecule has 3 aromatic rings. The van der Waals surface area contributed by atoms with Gasteiger partial charge in [-0.1, -0.05) is 36.7 Å². The van der Waals surface area contributed by atoms with Gasteiger partial charge in [-0.3, -0.25) is 24.7 Å². The van der Waals surface area contributed by atoms with Crippen LogP contribution in [0.3, 0.4) is 0 Å². The van der Waals surface area contributed by atoms with Gasteiger partial charge < -0.3 is 0 Å². The van der Waals surface area contributed by atoms with Crippen LogP contribution in [0, 0.1) is 5.92 Å². The molecule has 1 aliphatic carbocycles. The van der Waals surface area contributed by atoms with Crippen molar-refractivity contribution in [1.82, 2.24) is 10.9 Å². The van der Waals surface area contributed by atoms with Crippen molar-refractivity contribution in [1.29, 1.82) is 0 Å². The summed E-state index contributed by atoms with van der Waals surface area (Å²) in [4.78, 5) is 27.0. The summed E-state index contributed by atoms with van der Waals surface area (Å²) in [5.41, 5.74) is 7.64. The fourth-order valence-electron chi connectivity index (χ4n) is 4.58. The first-order valence-corrected chi connectivity index (χ1v) is 14.0. The van der Waals surface area contributed by atoms with Crippen molar-refractivity contribution in [2.45, 2.75) is 37.5 Å². The van der Waals surface area contributed by atoms with Crippen molar-refractivity contribution in [2.75, 3.05) is 10.8 Å². The quantitative estimate of drug-likeness (QED) is 0.491. The van der Waals surface area contributed by atoms with E-state index >= 15 is 0 Å². The molecule has 2 heterocycles. The summed E-state index contributed by atoms with van der Waals surface area (Å²) in [6, 6.07) is 13.2. The van der Waals surface area contributed by atoms with Gasteiger partial charge in [-0.2, -0.15) is 0 Å². The van der Waals surface area contributed by atoms with E-state index in [1.165, 1.54) is 44.3 Å². The largest absolute Gasteiger partial charge is 0.279 e. The molecule has 35 heavy (non-hydrogen) atoms. The zero-order chi connectivity index (χ0) is 24.7. The fourth-order valence-corrected chi connectivity index (χ4v) is 7.69. The number of amides is 2. The first kappa shape index (κ1) is 23.8. The smallest absolute Gasteiger partial charge is 0.267 e. The third kappa shape index (κ3) is 4.55. The minimum atomic E-state index is -3.98. The van der Waals surface area contributed by atoms with Crippen LogP contribution in [0.25, 0.3) is 0 Å². The van der Waals surface area contributed by atoms with Crippen LogP contribution in [0.15, 0.2) is 53.4 Å². The minimum absolute atomic E-state index is 0.0216. The number of benzene rings is 2.